The molecule has 6 nitrogen and oxygen atoms in total. The lowest BCUT2D eigenvalue weighted by molar-refractivity contribution is 0.636. The highest BCUT2D eigenvalue weighted by atomic mass is 15.3. The third kappa shape index (κ3) is 3.71. The van der Waals surface area contributed by atoms with E-state index >= 15 is 0 Å². The van der Waals surface area contributed by atoms with Crippen LogP contribution in [0.3, 0.4) is 0 Å². The molecule has 0 aliphatic carbocycles. The van der Waals surface area contributed by atoms with Crippen molar-refractivity contribution >= 4 is 11.6 Å². The van der Waals surface area contributed by atoms with E-state index in [4.69, 9.17) is 0 Å². The average molecular weight is 288 g/mol. The van der Waals surface area contributed by atoms with Gasteiger partial charge >= 0.3 is 0 Å². The molecule has 2 aromatic heterocycles. The standard InChI is InChI=1S/C15H24N6/c1-10(2)13-19-14(16-5)12(4)15(20-13)17-6-7-21-9-11(3)8-18-21/h8-10H,6-7H2,1-5H3,(H2,16,17,19,20). The predicted octanol–water partition coefficient (Wildman–Crippen LogP) is 2.57. The predicted molar refractivity (Wildman–Crippen MR) is 85.9 cm³/mol. The van der Waals surface area contributed by atoms with Crippen LogP contribution in [-0.2, 0) is 6.54 Å². The lowest BCUT2D eigenvalue weighted by Gasteiger charge is -2.15. The first kappa shape index (κ1) is 15.3. The summed E-state index contributed by atoms with van der Waals surface area (Å²) in [7, 11) is 1.88. The molecule has 0 radical (unpaired) electrons. The summed E-state index contributed by atoms with van der Waals surface area (Å²) in [6.07, 6.45) is 3.90. The molecule has 0 amide bonds. The maximum absolute atomic E-state index is 4.62. The number of nitrogens with one attached hydrogen (secondary N) is 2. The minimum atomic E-state index is 0.298. The van der Waals surface area contributed by atoms with Crippen molar-refractivity contribution in [2.75, 3.05) is 24.2 Å². The zero-order valence-corrected chi connectivity index (χ0v) is 13.4. The Balaban J connectivity index is 2.09. The second kappa shape index (κ2) is 6.56. The Kier molecular flexibility index (Phi) is 4.77. The van der Waals surface area contributed by atoms with Gasteiger partial charge in [0.2, 0.25) is 0 Å². The number of hydrogen-bond donors (Lipinski definition) is 2. The second-order valence-corrected chi connectivity index (χ2v) is 5.52. The van der Waals surface area contributed by atoms with Crippen LogP contribution in [0.1, 0.15) is 36.7 Å². The van der Waals surface area contributed by atoms with Crippen molar-refractivity contribution in [2.24, 2.45) is 0 Å². The molecule has 6 heteroatoms. The van der Waals surface area contributed by atoms with Gasteiger partial charge < -0.3 is 10.6 Å². The van der Waals surface area contributed by atoms with Gasteiger partial charge in [0.15, 0.2) is 0 Å². The fraction of sp³-hybridized carbons (Fsp3) is 0.533. The highest BCUT2D eigenvalue weighted by molar-refractivity contribution is 5.57. The molecule has 2 aromatic rings. The SMILES string of the molecule is CNc1nc(C(C)C)nc(NCCn2cc(C)cn2)c1C. The summed E-state index contributed by atoms with van der Waals surface area (Å²) in [6, 6.07) is 0. The van der Waals surface area contributed by atoms with Crippen LogP contribution in [0.5, 0.6) is 0 Å². The third-order valence-corrected chi connectivity index (χ3v) is 3.31. The molecule has 0 spiro atoms. The molecule has 0 bridgehead atoms. The summed E-state index contributed by atoms with van der Waals surface area (Å²) in [4.78, 5) is 9.17. The summed E-state index contributed by atoms with van der Waals surface area (Å²) in [6.45, 7) is 9.85. The van der Waals surface area contributed by atoms with Gasteiger partial charge in [-0.25, -0.2) is 9.97 Å². The van der Waals surface area contributed by atoms with Crippen molar-refractivity contribution in [3.05, 3.63) is 29.3 Å². The van der Waals surface area contributed by atoms with Crippen LogP contribution in [0.2, 0.25) is 0 Å². The lowest BCUT2D eigenvalue weighted by atomic mass is 10.2. The topological polar surface area (TPSA) is 67.7 Å². The number of aromatic nitrogens is 4. The van der Waals surface area contributed by atoms with Gasteiger partial charge in [0.05, 0.1) is 12.7 Å². The minimum absolute atomic E-state index is 0.298. The van der Waals surface area contributed by atoms with Gasteiger partial charge in [-0.1, -0.05) is 13.8 Å². The molecule has 21 heavy (non-hydrogen) atoms. The van der Waals surface area contributed by atoms with Crippen LogP contribution in [0.25, 0.3) is 0 Å². The van der Waals surface area contributed by atoms with E-state index < -0.39 is 0 Å². The molecule has 0 aliphatic rings. The number of hydrogen-bond acceptors (Lipinski definition) is 5. The van der Waals surface area contributed by atoms with Gasteiger partial charge in [-0.2, -0.15) is 5.10 Å². The van der Waals surface area contributed by atoms with Gasteiger partial charge in [0.1, 0.15) is 17.5 Å². The van der Waals surface area contributed by atoms with E-state index in [1.54, 1.807) is 0 Å². The zero-order valence-electron chi connectivity index (χ0n) is 13.4. The van der Waals surface area contributed by atoms with E-state index in [0.717, 1.165) is 36.1 Å². The number of nitrogens with zero attached hydrogens (tertiary/aromatic N) is 4. The molecule has 2 rings (SSSR count). The van der Waals surface area contributed by atoms with Crippen LogP contribution in [0.4, 0.5) is 11.6 Å². The van der Waals surface area contributed by atoms with E-state index in [2.05, 4.69) is 39.5 Å². The molecule has 114 valence electrons. The largest absolute Gasteiger partial charge is 0.373 e. The smallest absolute Gasteiger partial charge is 0.135 e. The van der Waals surface area contributed by atoms with Gasteiger partial charge in [-0.05, 0) is 19.4 Å². The first-order chi connectivity index (χ1) is 10.0. The molecule has 0 unspecified atom stereocenters. The molecule has 0 saturated heterocycles. The Hall–Kier alpha value is -2.11. The van der Waals surface area contributed by atoms with Crippen LogP contribution in [-0.4, -0.2) is 33.3 Å². The van der Waals surface area contributed by atoms with Crippen LogP contribution in [0, 0.1) is 13.8 Å². The van der Waals surface area contributed by atoms with Gasteiger partial charge in [-0.3, -0.25) is 4.68 Å². The fourth-order valence-corrected chi connectivity index (χ4v) is 2.09. The Morgan fingerprint density at radius 3 is 2.48 bits per heavy atom. The average Bonchev–Trinajstić information content (AvgIpc) is 2.86. The Morgan fingerprint density at radius 1 is 1.19 bits per heavy atom. The van der Waals surface area contributed by atoms with E-state index in [9.17, 15) is 0 Å². The van der Waals surface area contributed by atoms with Crippen molar-refractivity contribution in [1.82, 2.24) is 19.7 Å². The number of aryl methyl sites for hydroxylation is 1. The second-order valence-electron chi connectivity index (χ2n) is 5.52. The van der Waals surface area contributed by atoms with E-state index in [-0.39, 0.29) is 0 Å². The lowest BCUT2D eigenvalue weighted by Crippen LogP contribution is -2.15. The third-order valence-electron chi connectivity index (χ3n) is 3.31. The van der Waals surface area contributed by atoms with Crippen molar-refractivity contribution < 1.29 is 0 Å². The van der Waals surface area contributed by atoms with Crippen molar-refractivity contribution in [2.45, 2.75) is 40.2 Å². The zero-order chi connectivity index (χ0) is 15.4. The first-order valence-corrected chi connectivity index (χ1v) is 7.30. The monoisotopic (exact) mass is 288 g/mol. The summed E-state index contributed by atoms with van der Waals surface area (Å²) in [5, 5.41) is 10.8. The molecule has 2 heterocycles. The number of anilines is 2. The van der Waals surface area contributed by atoms with E-state index in [1.807, 2.05) is 38.0 Å². The van der Waals surface area contributed by atoms with Crippen molar-refractivity contribution in [3.63, 3.8) is 0 Å². The highest BCUT2D eigenvalue weighted by Crippen LogP contribution is 2.22. The van der Waals surface area contributed by atoms with Gasteiger partial charge in [-0.15, -0.1) is 0 Å². The fourth-order valence-electron chi connectivity index (χ4n) is 2.09. The highest BCUT2D eigenvalue weighted by Gasteiger charge is 2.12. The molecule has 2 N–H and O–H groups in total. The molecule has 0 atom stereocenters. The van der Waals surface area contributed by atoms with Gasteiger partial charge in [0, 0.05) is 31.3 Å². The van der Waals surface area contributed by atoms with Crippen LogP contribution < -0.4 is 10.6 Å². The Bertz CT molecular complexity index is 602. The van der Waals surface area contributed by atoms with Crippen LogP contribution >= 0.6 is 0 Å². The molecule has 0 aliphatic heterocycles. The normalized spacial score (nSPS) is 11.0. The Labute approximate surface area is 126 Å². The Morgan fingerprint density at radius 2 is 1.90 bits per heavy atom. The van der Waals surface area contributed by atoms with Gasteiger partial charge in [0.25, 0.3) is 0 Å². The molecular weight excluding hydrogens is 264 g/mol. The molecular formula is C15H24N6. The summed E-state index contributed by atoms with van der Waals surface area (Å²) < 4.78 is 1.93. The summed E-state index contributed by atoms with van der Waals surface area (Å²) in [5.41, 5.74) is 2.21. The quantitative estimate of drug-likeness (QED) is 0.855. The maximum atomic E-state index is 4.62. The molecule has 0 aromatic carbocycles. The van der Waals surface area contributed by atoms with Crippen molar-refractivity contribution in [3.8, 4) is 0 Å². The molecule has 0 fully saturated rings. The van der Waals surface area contributed by atoms with Crippen LogP contribution in [0.15, 0.2) is 12.4 Å². The first-order valence-electron chi connectivity index (χ1n) is 7.30. The number of rotatable bonds is 6. The minimum Gasteiger partial charge on any atom is -0.373 e. The summed E-state index contributed by atoms with van der Waals surface area (Å²) >= 11 is 0. The summed E-state index contributed by atoms with van der Waals surface area (Å²) in [5.74, 6) is 2.92. The van der Waals surface area contributed by atoms with E-state index in [1.165, 1.54) is 5.56 Å². The van der Waals surface area contributed by atoms with Crippen molar-refractivity contribution in [1.29, 1.82) is 0 Å². The van der Waals surface area contributed by atoms with E-state index in [0.29, 0.717) is 5.92 Å². The maximum Gasteiger partial charge on any atom is 0.135 e. The molecule has 0 saturated carbocycles.